The molecule has 0 saturated carbocycles. The van der Waals surface area contributed by atoms with Gasteiger partial charge in [0.05, 0.1) is 6.10 Å². The third kappa shape index (κ3) is 5.46. The van der Waals surface area contributed by atoms with Crippen molar-refractivity contribution in [2.24, 2.45) is 0 Å². The Morgan fingerprint density at radius 3 is 2.55 bits per heavy atom. The van der Waals surface area contributed by atoms with Crippen molar-refractivity contribution in [2.75, 3.05) is 6.54 Å². The van der Waals surface area contributed by atoms with Crippen molar-refractivity contribution in [1.29, 1.82) is 0 Å². The van der Waals surface area contributed by atoms with Gasteiger partial charge in [0.15, 0.2) is 0 Å². The molecule has 6 heteroatoms. The molecular formula is C14H20BrFN2O2. The van der Waals surface area contributed by atoms with E-state index >= 15 is 0 Å². The molecule has 0 heterocycles. The molecule has 0 aliphatic heterocycles. The fourth-order valence-electron chi connectivity index (χ4n) is 1.81. The van der Waals surface area contributed by atoms with Gasteiger partial charge in [0.1, 0.15) is 5.82 Å². The molecule has 0 unspecified atom stereocenters. The highest BCUT2D eigenvalue weighted by atomic mass is 79.9. The van der Waals surface area contributed by atoms with Crippen molar-refractivity contribution >= 4 is 22.0 Å². The van der Waals surface area contributed by atoms with Gasteiger partial charge < -0.3 is 15.3 Å². The number of carbonyl (C=O) groups excluding carboxylic acids is 1. The van der Waals surface area contributed by atoms with Crippen molar-refractivity contribution in [3.8, 4) is 0 Å². The van der Waals surface area contributed by atoms with Gasteiger partial charge in [-0.3, -0.25) is 0 Å². The van der Waals surface area contributed by atoms with Crippen LogP contribution in [0.15, 0.2) is 22.7 Å². The number of aliphatic hydroxyl groups excluding tert-OH is 1. The van der Waals surface area contributed by atoms with Crippen LogP contribution in [0.3, 0.4) is 0 Å². The molecule has 0 radical (unpaired) electrons. The maximum Gasteiger partial charge on any atom is 0.317 e. The van der Waals surface area contributed by atoms with Crippen LogP contribution in [0.25, 0.3) is 0 Å². The molecule has 1 rings (SSSR count). The number of benzene rings is 1. The second-order valence-corrected chi connectivity index (χ2v) is 5.95. The first-order valence-electron chi connectivity index (χ1n) is 6.47. The molecule has 0 aliphatic carbocycles. The van der Waals surface area contributed by atoms with Crippen molar-refractivity contribution in [1.82, 2.24) is 10.2 Å². The van der Waals surface area contributed by atoms with Crippen molar-refractivity contribution in [3.05, 3.63) is 34.1 Å². The zero-order valence-corrected chi connectivity index (χ0v) is 13.4. The topological polar surface area (TPSA) is 52.6 Å². The van der Waals surface area contributed by atoms with E-state index in [1.807, 2.05) is 13.8 Å². The fraction of sp³-hybridized carbons (Fsp3) is 0.500. The molecule has 4 nitrogen and oxygen atoms in total. The Kier molecular flexibility index (Phi) is 6.42. The SMILES string of the molecule is CC(C)N(C[C@@H](C)O)C(=O)NCc1cc(F)cc(Br)c1. The third-order valence-corrected chi connectivity index (χ3v) is 3.17. The molecule has 0 aliphatic rings. The van der Waals surface area contributed by atoms with Crippen molar-refractivity contribution in [2.45, 2.75) is 39.5 Å². The van der Waals surface area contributed by atoms with Crippen LogP contribution in [0.1, 0.15) is 26.3 Å². The first kappa shape index (κ1) is 16.9. The predicted octanol–water partition coefficient (Wildman–Crippen LogP) is 2.89. The van der Waals surface area contributed by atoms with Gasteiger partial charge in [-0.1, -0.05) is 15.9 Å². The Morgan fingerprint density at radius 2 is 2.05 bits per heavy atom. The standard InChI is InChI=1S/C14H20BrFN2O2/c1-9(2)18(8-10(3)19)14(20)17-7-11-4-12(15)6-13(16)5-11/h4-6,9-10,19H,7-8H2,1-3H3,(H,17,20)/t10-/m1/s1. The number of urea groups is 1. The van der Waals surface area contributed by atoms with E-state index < -0.39 is 6.10 Å². The second-order valence-electron chi connectivity index (χ2n) is 5.03. The largest absolute Gasteiger partial charge is 0.392 e. The van der Waals surface area contributed by atoms with E-state index in [1.165, 1.54) is 12.1 Å². The summed E-state index contributed by atoms with van der Waals surface area (Å²) in [5.41, 5.74) is 0.672. The highest BCUT2D eigenvalue weighted by molar-refractivity contribution is 9.10. The number of amides is 2. The van der Waals surface area contributed by atoms with Crippen LogP contribution in [-0.2, 0) is 6.54 Å². The van der Waals surface area contributed by atoms with Gasteiger partial charge in [-0.05, 0) is 44.5 Å². The van der Waals surface area contributed by atoms with E-state index in [2.05, 4.69) is 21.2 Å². The van der Waals surface area contributed by atoms with E-state index in [9.17, 15) is 14.3 Å². The number of carbonyl (C=O) groups is 1. The summed E-state index contributed by atoms with van der Waals surface area (Å²) in [4.78, 5) is 13.6. The highest BCUT2D eigenvalue weighted by Gasteiger charge is 2.18. The smallest absolute Gasteiger partial charge is 0.317 e. The maximum atomic E-state index is 13.2. The maximum absolute atomic E-state index is 13.2. The minimum atomic E-state index is -0.591. The van der Waals surface area contributed by atoms with E-state index in [4.69, 9.17) is 0 Å². The number of hydrogen-bond acceptors (Lipinski definition) is 2. The van der Waals surface area contributed by atoms with Crippen LogP contribution in [0.5, 0.6) is 0 Å². The average molecular weight is 347 g/mol. The molecule has 0 spiro atoms. The van der Waals surface area contributed by atoms with E-state index in [-0.39, 0.29) is 31.0 Å². The molecule has 1 aromatic rings. The van der Waals surface area contributed by atoms with Crippen LogP contribution in [0, 0.1) is 5.82 Å². The van der Waals surface area contributed by atoms with Crippen LogP contribution >= 0.6 is 15.9 Å². The van der Waals surface area contributed by atoms with E-state index in [0.29, 0.717) is 10.0 Å². The normalized spacial score (nSPS) is 12.3. The van der Waals surface area contributed by atoms with Crippen molar-refractivity contribution in [3.63, 3.8) is 0 Å². The molecule has 1 atom stereocenters. The number of rotatable bonds is 5. The average Bonchev–Trinajstić information content (AvgIpc) is 2.31. The Hall–Kier alpha value is -1.14. The molecule has 20 heavy (non-hydrogen) atoms. The lowest BCUT2D eigenvalue weighted by Crippen LogP contribution is -2.46. The summed E-state index contributed by atoms with van der Waals surface area (Å²) in [5.74, 6) is -0.353. The van der Waals surface area contributed by atoms with Gasteiger partial charge in [0.25, 0.3) is 0 Å². The third-order valence-electron chi connectivity index (χ3n) is 2.71. The molecule has 1 aromatic carbocycles. The summed E-state index contributed by atoms with van der Waals surface area (Å²) in [6.07, 6.45) is -0.591. The Bertz CT molecular complexity index is 446. The number of nitrogens with one attached hydrogen (secondary N) is 1. The molecule has 0 saturated heterocycles. The Labute approximate surface area is 127 Å². The zero-order valence-electron chi connectivity index (χ0n) is 11.9. The first-order chi connectivity index (χ1) is 9.29. The summed E-state index contributed by atoms with van der Waals surface area (Å²) in [5, 5.41) is 12.1. The summed E-state index contributed by atoms with van der Waals surface area (Å²) in [6, 6.07) is 4.18. The van der Waals surface area contributed by atoms with Crippen LogP contribution < -0.4 is 5.32 Å². The first-order valence-corrected chi connectivity index (χ1v) is 7.26. The monoisotopic (exact) mass is 346 g/mol. The van der Waals surface area contributed by atoms with Crippen LogP contribution in [0.4, 0.5) is 9.18 Å². The van der Waals surface area contributed by atoms with E-state index in [1.54, 1.807) is 17.9 Å². The summed E-state index contributed by atoms with van der Waals surface area (Å²) < 4.78 is 13.9. The van der Waals surface area contributed by atoms with Crippen molar-refractivity contribution < 1.29 is 14.3 Å². The molecule has 2 amide bonds. The summed E-state index contributed by atoms with van der Waals surface area (Å²) in [7, 11) is 0. The quantitative estimate of drug-likeness (QED) is 0.861. The van der Waals surface area contributed by atoms with Gasteiger partial charge >= 0.3 is 6.03 Å². The van der Waals surface area contributed by atoms with Gasteiger partial charge in [-0.15, -0.1) is 0 Å². The Balaban J connectivity index is 2.64. The summed E-state index contributed by atoms with van der Waals surface area (Å²) in [6.45, 7) is 5.88. The molecule has 112 valence electrons. The minimum Gasteiger partial charge on any atom is -0.392 e. The van der Waals surface area contributed by atoms with E-state index in [0.717, 1.165) is 0 Å². The summed E-state index contributed by atoms with van der Waals surface area (Å²) >= 11 is 3.21. The second kappa shape index (κ2) is 7.59. The lowest BCUT2D eigenvalue weighted by atomic mass is 10.2. The number of halogens is 2. The number of hydrogen-bond donors (Lipinski definition) is 2. The highest BCUT2D eigenvalue weighted by Crippen LogP contribution is 2.14. The number of aliphatic hydroxyl groups is 1. The minimum absolute atomic E-state index is 0.0242. The molecule has 2 N–H and O–H groups in total. The van der Waals surface area contributed by atoms with Crippen LogP contribution in [0.2, 0.25) is 0 Å². The molecule has 0 bridgehead atoms. The molecule has 0 fully saturated rings. The molecule has 0 aromatic heterocycles. The number of nitrogens with zero attached hydrogens (tertiary/aromatic N) is 1. The van der Waals surface area contributed by atoms with Crippen LogP contribution in [-0.4, -0.2) is 34.7 Å². The lowest BCUT2D eigenvalue weighted by Gasteiger charge is -2.28. The lowest BCUT2D eigenvalue weighted by molar-refractivity contribution is 0.118. The fourth-order valence-corrected chi connectivity index (χ4v) is 2.32. The van der Waals surface area contributed by atoms with Gasteiger partial charge in [0.2, 0.25) is 0 Å². The molecular weight excluding hydrogens is 327 g/mol. The Morgan fingerprint density at radius 1 is 1.40 bits per heavy atom. The van der Waals surface area contributed by atoms with Gasteiger partial charge in [0, 0.05) is 23.6 Å². The predicted molar refractivity (Wildman–Crippen MR) is 79.9 cm³/mol. The van der Waals surface area contributed by atoms with Gasteiger partial charge in [-0.25, -0.2) is 9.18 Å². The zero-order chi connectivity index (χ0) is 15.3. The van der Waals surface area contributed by atoms with Gasteiger partial charge in [-0.2, -0.15) is 0 Å².